The van der Waals surface area contributed by atoms with E-state index in [2.05, 4.69) is 10.3 Å². The molecule has 1 aromatic rings. The van der Waals surface area contributed by atoms with E-state index in [0.29, 0.717) is 17.1 Å². The van der Waals surface area contributed by atoms with Crippen molar-refractivity contribution in [2.45, 2.75) is 6.42 Å². The first-order valence-corrected chi connectivity index (χ1v) is 5.73. The Bertz CT molecular complexity index is 380. The molecular formula is C11H14Cl2N2O. The fraction of sp³-hybridized carbons (Fsp3) is 0.364. The third kappa shape index (κ3) is 4.00. The van der Waals surface area contributed by atoms with Gasteiger partial charge < -0.3 is 10.4 Å². The molecule has 0 aliphatic heterocycles. The predicted molar refractivity (Wildman–Crippen MR) is 69.1 cm³/mol. The van der Waals surface area contributed by atoms with Crippen LogP contribution in [0, 0.1) is 0 Å². The predicted octanol–water partition coefficient (Wildman–Crippen LogP) is 2.73. The van der Waals surface area contributed by atoms with Gasteiger partial charge in [0.15, 0.2) is 0 Å². The Hall–Kier alpha value is -0.770. The average Bonchev–Trinajstić information content (AvgIpc) is 2.24. The van der Waals surface area contributed by atoms with Crippen molar-refractivity contribution in [1.82, 2.24) is 5.32 Å². The van der Waals surface area contributed by atoms with Gasteiger partial charge in [0.05, 0.1) is 5.02 Å². The minimum absolute atomic E-state index is 0.0171. The van der Waals surface area contributed by atoms with Gasteiger partial charge in [-0.15, -0.1) is 0 Å². The molecule has 3 nitrogen and oxygen atoms in total. The van der Waals surface area contributed by atoms with Crippen molar-refractivity contribution >= 4 is 29.4 Å². The molecule has 88 valence electrons. The Morgan fingerprint density at radius 1 is 1.44 bits per heavy atom. The van der Waals surface area contributed by atoms with Crippen LogP contribution in [0.25, 0.3) is 0 Å². The van der Waals surface area contributed by atoms with E-state index in [9.17, 15) is 5.11 Å². The van der Waals surface area contributed by atoms with Crippen molar-refractivity contribution in [3.8, 4) is 5.75 Å². The largest absolute Gasteiger partial charge is 0.506 e. The van der Waals surface area contributed by atoms with Crippen LogP contribution in [-0.2, 0) is 0 Å². The number of hydrogen-bond acceptors (Lipinski definition) is 3. The van der Waals surface area contributed by atoms with Crippen LogP contribution in [-0.4, -0.2) is 31.5 Å². The van der Waals surface area contributed by atoms with E-state index in [1.165, 1.54) is 6.07 Å². The molecule has 0 saturated carbocycles. The highest BCUT2D eigenvalue weighted by Gasteiger charge is 2.05. The van der Waals surface area contributed by atoms with Gasteiger partial charge in [0.25, 0.3) is 0 Å². The number of hydrogen-bond donors (Lipinski definition) is 2. The highest BCUT2D eigenvalue weighted by Crippen LogP contribution is 2.29. The smallest absolute Gasteiger partial charge is 0.143 e. The second kappa shape index (κ2) is 6.74. The fourth-order valence-corrected chi connectivity index (χ4v) is 1.70. The zero-order valence-corrected chi connectivity index (χ0v) is 10.5. The summed E-state index contributed by atoms with van der Waals surface area (Å²) < 4.78 is 0. The molecule has 0 bridgehead atoms. The molecule has 2 N–H and O–H groups in total. The van der Waals surface area contributed by atoms with Crippen LogP contribution < -0.4 is 5.32 Å². The number of phenols is 1. The van der Waals surface area contributed by atoms with E-state index in [1.807, 2.05) is 7.05 Å². The zero-order chi connectivity index (χ0) is 12.0. The number of aliphatic imine (C=N–C) groups is 1. The number of rotatable bonds is 5. The lowest BCUT2D eigenvalue weighted by Crippen LogP contribution is -2.08. The average molecular weight is 261 g/mol. The van der Waals surface area contributed by atoms with Gasteiger partial charge in [-0.05, 0) is 32.1 Å². The Morgan fingerprint density at radius 3 is 2.88 bits per heavy atom. The molecule has 0 radical (unpaired) electrons. The number of nitrogens with one attached hydrogen (secondary N) is 1. The first-order chi connectivity index (χ1) is 7.65. The maximum absolute atomic E-state index is 9.63. The van der Waals surface area contributed by atoms with E-state index >= 15 is 0 Å². The first kappa shape index (κ1) is 13.3. The van der Waals surface area contributed by atoms with Crippen LogP contribution >= 0.6 is 23.2 Å². The number of halogens is 2. The Balaban J connectivity index is 2.66. The van der Waals surface area contributed by atoms with E-state index in [1.54, 1.807) is 12.3 Å². The van der Waals surface area contributed by atoms with Crippen LogP contribution in [0.5, 0.6) is 5.75 Å². The summed E-state index contributed by atoms with van der Waals surface area (Å²) >= 11 is 11.6. The van der Waals surface area contributed by atoms with Crippen LogP contribution in [0.2, 0.25) is 10.0 Å². The van der Waals surface area contributed by atoms with E-state index in [-0.39, 0.29) is 10.8 Å². The summed E-state index contributed by atoms with van der Waals surface area (Å²) in [6, 6.07) is 3.13. The van der Waals surface area contributed by atoms with Crippen LogP contribution in [0.1, 0.15) is 12.0 Å². The molecule has 0 atom stereocenters. The van der Waals surface area contributed by atoms with Crippen molar-refractivity contribution in [1.29, 1.82) is 0 Å². The van der Waals surface area contributed by atoms with Crippen LogP contribution in [0.4, 0.5) is 0 Å². The lowest BCUT2D eigenvalue weighted by atomic mass is 10.2. The van der Waals surface area contributed by atoms with Gasteiger partial charge >= 0.3 is 0 Å². The van der Waals surface area contributed by atoms with Gasteiger partial charge in [-0.1, -0.05) is 23.2 Å². The number of nitrogens with zero attached hydrogens (tertiary/aromatic N) is 1. The quantitative estimate of drug-likeness (QED) is 0.632. The maximum atomic E-state index is 9.63. The molecular weight excluding hydrogens is 247 g/mol. The standard InChI is InChI=1S/C11H14Cl2N2O/c1-14-3-2-4-15-7-8-5-9(12)6-10(13)11(8)16/h5-7,14,16H,2-4H2,1H3. The second-order valence-electron chi connectivity index (χ2n) is 3.32. The molecule has 1 aromatic carbocycles. The third-order valence-electron chi connectivity index (χ3n) is 2.00. The first-order valence-electron chi connectivity index (χ1n) is 4.97. The van der Waals surface area contributed by atoms with Crippen molar-refractivity contribution in [3.05, 3.63) is 27.7 Å². The molecule has 5 heteroatoms. The fourth-order valence-electron chi connectivity index (χ4n) is 1.19. The Morgan fingerprint density at radius 2 is 2.19 bits per heavy atom. The van der Waals surface area contributed by atoms with Gasteiger partial charge in [0.1, 0.15) is 5.75 Å². The Kier molecular flexibility index (Phi) is 5.60. The summed E-state index contributed by atoms with van der Waals surface area (Å²) in [5, 5.41) is 13.4. The van der Waals surface area contributed by atoms with Crippen molar-refractivity contribution in [2.75, 3.05) is 20.1 Å². The van der Waals surface area contributed by atoms with Crippen LogP contribution in [0.15, 0.2) is 17.1 Å². The van der Waals surface area contributed by atoms with Crippen molar-refractivity contribution in [2.24, 2.45) is 4.99 Å². The summed E-state index contributed by atoms with van der Waals surface area (Å²) in [6.07, 6.45) is 2.53. The minimum Gasteiger partial charge on any atom is -0.506 e. The minimum atomic E-state index is 0.0171. The molecule has 0 amide bonds. The topological polar surface area (TPSA) is 44.6 Å². The molecule has 0 spiro atoms. The third-order valence-corrected chi connectivity index (χ3v) is 2.51. The van der Waals surface area contributed by atoms with Crippen LogP contribution in [0.3, 0.4) is 0 Å². The number of phenolic OH excluding ortho intramolecular Hbond substituents is 1. The van der Waals surface area contributed by atoms with E-state index in [4.69, 9.17) is 23.2 Å². The normalized spacial score (nSPS) is 11.2. The van der Waals surface area contributed by atoms with Crippen molar-refractivity contribution < 1.29 is 5.11 Å². The maximum Gasteiger partial charge on any atom is 0.143 e. The van der Waals surface area contributed by atoms with E-state index < -0.39 is 0 Å². The summed E-state index contributed by atoms with van der Waals surface area (Å²) in [5.41, 5.74) is 0.543. The van der Waals surface area contributed by atoms with E-state index in [0.717, 1.165) is 13.0 Å². The molecule has 1 rings (SSSR count). The SMILES string of the molecule is CNCCCN=Cc1cc(Cl)cc(Cl)c1O. The van der Waals surface area contributed by atoms with Crippen molar-refractivity contribution in [3.63, 3.8) is 0 Å². The highest BCUT2D eigenvalue weighted by molar-refractivity contribution is 6.36. The summed E-state index contributed by atoms with van der Waals surface area (Å²) in [7, 11) is 1.90. The Labute approximate surface area is 105 Å². The number of benzene rings is 1. The summed E-state index contributed by atoms with van der Waals surface area (Å²) in [4.78, 5) is 4.18. The molecule has 0 saturated heterocycles. The lowest BCUT2D eigenvalue weighted by Gasteiger charge is -2.02. The molecule has 0 aromatic heterocycles. The molecule has 0 unspecified atom stereocenters. The zero-order valence-electron chi connectivity index (χ0n) is 9.00. The molecule has 0 aliphatic carbocycles. The summed E-state index contributed by atoms with van der Waals surface area (Å²) in [5.74, 6) is 0.0171. The lowest BCUT2D eigenvalue weighted by molar-refractivity contribution is 0.474. The van der Waals surface area contributed by atoms with Gasteiger partial charge in [-0.3, -0.25) is 4.99 Å². The van der Waals surface area contributed by atoms with Gasteiger partial charge in [0, 0.05) is 23.3 Å². The van der Waals surface area contributed by atoms with Gasteiger partial charge in [0.2, 0.25) is 0 Å². The summed E-state index contributed by atoms with van der Waals surface area (Å²) in [6.45, 7) is 1.62. The molecule has 0 aliphatic rings. The highest BCUT2D eigenvalue weighted by atomic mass is 35.5. The molecule has 0 heterocycles. The monoisotopic (exact) mass is 260 g/mol. The molecule has 0 fully saturated rings. The second-order valence-corrected chi connectivity index (χ2v) is 4.16. The van der Waals surface area contributed by atoms with Gasteiger partial charge in [-0.25, -0.2) is 0 Å². The molecule has 16 heavy (non-hydrogen) atoms. The van der Waals surface area contributed by atoms with Gasteiger partial charge in [-0.2, -0.15) is 0 Å². The number of aromatic hydroxyl groups is 1.